The number of benzene rings is 2. The number of amides is 2. The SMILES string of the molecule is CCCN(CC(=O)Nc1ccc(F)c(F)c1F)C(=O)c1cc(Cl)c2c(c1)OCCO2. The van der Waals surface area contributed by atoms with E-state index in [1.807, 2.05) is 6.92 Å². The van der Waals surface area contributed by atoms with Crippen molar-refractivity contribution >= 4 is 29.1 Å². The Kier molecular flexibility index (Phi) is 6.71. The molecule has 0 saturated heterocycles. The van der Waals surface area contributed by atoms with Crippen molar-refractivity contribution in [1.29, 1.82) is 0 Å². The molecule has 1 heterocycles. The van der Waals surface area contributed by atoms with Gasteiger partial charge < -0.3 is 19.7 Å². The molecule has 3 rings (SSSR count). The van der Waals surface area contributed by atoms with Crippen molar-refractivity contribution < 1.29 is 32.2 Å². The van der Waals surface area contributed by atoms with Gasteiger partial charge in [0.1, 0.15) is 19.8 Å². The smallest absolute Gasteiger partial charge is 0.254 e. The van der Waals surface area contributed by atoms with Gasteiger partial charge in [0.2, 0.25) is 5.91 Å². The number of carbonyl (C=O) groups excluding carboxylic acids is 2. The zero-order chi connectivity index (χ0) is 21.8. The fourth-order valence-corrected chi connectivity index (χ4v) is 3.19. The first kappa shape index (κ1) is 21.8. The van der Waals surface area contributed by atoms with Gasteiger partial charge in [0.15, 0.2) is 29.0 Å². The summed E-state index contributed by atoms with van der Waals surface area (Å²) in [7, 11) is 0. The highest BCUT2D eigenvalue weighted by Gasteiger charge is 2.24. The van der Waals surface area contributed by atoms with Gasteiger partial charge in [-0.15, -0.1) is 0 Å². The summed E-state index contributed by atoms with van der Waals surface area (Å²) in [5.74, 6) is -5.20. The molecule has 2 amide bonds. The lowest BCUT2D eigenvalue weighted by Gasteiger charge is -2.24. The third-order valence-electron chi connectivity index (χ3n) is 4.27. The number of halogens is 4. The van der Waals surface area contributed by atoms with Gasteiger partial charge in [-0.2, -0.15) is 0 Å². The molecule has 6 nitrogen and oxygen atoms in total. The lowest BCUT2D eigenvalue weighted by Crippen LogP contribution is -2.38. The van der Waals surface area contributed by atoms with Crippen molar-refractivity contribution in [3.8, 4) is 11.5 Å². The number of anilines is 1. The number of fused-ring (bicyclic) bond motifs is 1. The first-order valence-corrected chi connectivity index (χ1v) is 9.51. The largest absolute Gasteiger partial charge is 0.486 e. The van der Waals surface area contributed by atoms with Crippen LogP contribution in [-0.2, 0) is 4.79 Å². The highest BCUT2D eigenvalue weighted by molar-refractivity contribution is 6.32. The lowest BCUT2D eigenvalue weighted by molar-refractivity contribution is -0.116. The maximum absolute atomic E-state index is 13.8. The van der Waals surface area contributed by atoms with E-state index in [1.165, 1.54) is 17.0 Å². The van der Waals surface area contributed by atoms with Gasteiger partial charge in [0.25, 0.3) is 5.91 Å². The number of nitrogens with zero attached hydrogens (tertiary/aromatic N) is 1. The van der Waals surface area contributed by atoms with Crippen LogP contribution < -0.4 is 14.8 Å². The predicted molar refractivity (Wildman–Crippen MR) is 104 cm³/mol. The van der Waals surface area contributed by atoms with Crippen LogP contribution in [0.15, 0.2) is 24.3 Å². The molecule has 0 atom stereocenters. The van der Waals surface area contributed by atoms with Gasteiger partial charge in [-0.05, 0) is 30.7 Å². The van der Waals surface area contributed by atoms with Gasteiger partial charge in [0.05, 0.1) is 10.7 Å². The topological polar surface area (TPSA) is 67.9 Å². The molecular formula is C20H18ClF3N2O4. The number of ether oxygens (including phenoxy) is 2. The van der Waals surface area contributed by atoms with Gasteiger partial charge in [-0.1, -0.05) is 18.5 Å². The normalized spacial score (nSPS) is 12.4. The predicted octanol–water partition coefficient (Wildman–Crippen LogP) is 4.02. The number of hydrogen-bond acceptors (Lipinski definition) is 4. The summed E-state index contributed by atoms with van der Waals surface area (Å²) >= 11 is 6.17. The van der Waals surface area contributed by atoms with Gasteiger partial charge in [-0.25, -0.2) is 13.2 Å². The van der Waals surface area contributed by atoms with Crippen molar-refractivity contribution in [2.24, 2.45) is 0 Å². The molecule has 2 aromatic rings. The van der Waals surface area contributed by atoms with E-state index >= 15 is 0 Å². The van der Waals surface area contributed by atoms with E-state index in [-0.39, 0.29) is 17.1 Å². The zero-order valence-electron chi connectivity index (χ0n) is 15.9. The van der Waals surface area contributed by atoms with Crippen molar-refractivity contribution in [2.75, 3.05) is 31.6 Å². The Labute approximate surface area is 175 Å². The minimum atomic E-state index is -1.69. The number of nitrogens with one attached hydrogen (secondary N) is 1. The van der Waals surface area contributed by atoms with E-state index in [2.05, 4.69) is 5.32 Å². The van der Waals surface area contributed by atoms with Crippen LogP contribution in [-0.4, -0.2) is 43.0 Å². The average molecular weight is 443 g/mol. The Morgan fingerprint density at radius 2 is 1.87 bits per heavy atom. The summed E-state index contributed by atoms with van der Waals surface area (Å²) in [6, 6.07) is 4.48. The minimum absolute atomic E-state index is 0.185. The first-order valence-electron chi connectivity index (χ1n) is 9.13. The zero-order valence-corrected chi connectivity index (χ0v) is 16.7. The fourth-order valence-electron chi connectivity index (χ4n) is 2.92. The maximum atomic E-state index is 13.8. The second kappa shape index (κ2) is 9.25. The molecule has 30 heavy (non-hydrogen) atoms. The molecule has 0 unspecified atom stereocenters. The second-order valence-electron chi connectivity index (χ2n) is 6.48. The first-order chi connectivity index (χ1) is 14.3. The monoisotopic (exact) mass is 442 g/mol. The molecule has 1 N–H and O–H groups in total. The van der Waals surface area contributed by atoms with Gasteiger partial charge in [0, 0.05) is 12.1 Å². The van der Waals surface area contributed by atoms with Crippen molar-refractivity contribution in [1.82, 2.24) is 4.90 Å². The Bertz CT molecular complexity index is 987. The van der Waals surface area contributed by atoms with Crippen LogP contribution in [0.5, 0.6) is 11.5 Å². The van der Waals surface area contributed by atoms with E-state index in [1.54, 1.807) is 0 Å². The maximum Gasteiger partial charge on any atom is 0.254 e. The molecule has 1 aliphatic rings. The number of hydrogen-bond donors (Lipinski definition) is 1. The number of rotatable bonds is 6. The summed E-state index contributed by atoms with van der Waals surface area (Å²) in [6.45, 7) is 2.24. The quantitative estimate of drug-likeness (QED) is 0.686. The van der Waals surface area contributed by atoms with E-state index in [9.17, 15) is 22.8 Å². The molecule has 0 spiro atoms. The van der Waals surface area contributed by atoms with Crippen molar-refractivity contribution in [3.05, 3.63) is 52.3 Å². The van der Waals surface area contributed by atoms with Crippen LogP contribution in [0.1, 0.15) is 23.7 Å². The fraction of sp³-hybridized carbons (Fsp3) is 0.300. The minimum Gasteiger partial charge on any atom is -0.486 e. The highest BCUT2D eigenvalue weighted by Crippen LogP contribution is 2.38. The third kappa shape index (κ3) is 4.62. The summed E-state index contributed by atoms with van der Waals surface area (Å²) in [6.07, 6.45) is 0.539. The molecule has 0 radical (unpaired) electrons. The lowest BCUT2D eigenvalue weighted by atomic mass is 10.1. The molecule has 0 bridgehead atoms. The summed E-state index contributed by atoms with van der Waals surface area (Å²) in [5, 5.41) is 2.34. The van der Waals surface area contributed by atoms with Gasteiger partial charge in [-0.3, -0.25) is 9.59 Å². The van der Waals surface area contributed by atoms with Crippen LogP contribution >= 0.6 is 11.6 Å². The van der Waals surface area contributed by atoms with E-state index in [4.69, 9.17) is 21.1 Å². The van der Waals surface area contributed by atoms with E-state index in [0.29, 0.717) is 37.2 Å². The Balaban J connectivity index is 1.77. The Hall–Kier alpha value is -2.94. The van der Waals surface area contributed by atoms with Gasteiger partial charge >= 0.3 is 0 Å². The summed E-state index contributed by atoms with van der Waals surface area (Å²) < 4.78 is 51.1. The summed E-state index contributed by atoms with van der Waals surface area (Å²) in [5.41, 5.74) is -0.338. The molecular weight excluding hydrogens is 425 g/mol. The van der Waals surface area contributed by atoms with Crippen LogP contribution in [0.2, 0.25) is 5.02 Å². The average Bonchev–Trinajstić information content (AvgIpc) is 2.73. The molecule has 0 aliphatic carbocycles. The van der Waals surface area contributed by atoms with Crippen LogP contribution in [0, 0.1) is 17.5 Å². The molecule has 0 fully saturated rings. The highest BCUT2D eigenvalue weighted by atomic mass is 35.5. The molecule has 10 heteroatoms. The Morgan fingerprint density at radius 1 is 1.13 bits per heavy atom. The van der Waals surface area contributed by atoms with E-state index < -0.39 is 41.5 Å². The molecule has 160 valence electrons. The number of carbonyl (C=O) groups is 2. The molecule has 0 saturated carbocycles. The third-order valence-corrected chi connectivity index (χ3v) is 4.55. The van der Waals surface area contributed by atoms with Crippen LogP contribution in [0.25, 0.3) is 0 Å². The van der Waals surface area contributed by atoms with Crippen molar-refractivity contribution in [3.63, 3.8) is 0 Å². The molecule has 1 aliphatic heterocycles. The molecule has 0 aromatic heterocycles. The summed E-state index contributed by atoms with van der Waals surface area (Å²) in [4.78, 5) is 26.5. The second-order valence-corrected chi connectivity index (χ2v) is 6.89. The van der Waals surface area contributed by atoms with Crippen molar-refractivity contribution in [2.45, 2.75) is 13.3 Å². The standard InChI is InChI=1S/C20H18ClF3N2O4/c1-2-5-26(10-16(27)25-14-4-3-13(22)17(23)18(14)24)20(28)11-8-12(21)19-15(9-11)29-6-7-30-19/h3-4,8-9H,2,5-7,10H2,1H3,(H,25,27). The van der Waals surface area contributed by atoms with E-state index in [0.717, 1.165) is 6.07 Å². The van der Waals surface area contributed by atoms with Crippen LogP contribution in [0.3, 0.4) is 0 Å². The van der Waals surface area contributed by atoms with Crippen LogP contribution in [0.4, 0.5) is 18.9 Å². The molecule has 2 aromatic carbocycles. The Morgan fingerprint density at radius 3 is 2.60 bits per heavy atom.